The van der Waals surface area contributed by atoms with Crippen LogP contribution >= 0.6 is 0 Å². The molecule has 0 heterocycles. The van der Waals surface area contributed by atoms with Crippen molar-refractivity contribution in [1.82, 2.24) is 5.32 Å². The molecule has 0 aromatic rings. The lowest BCUT2D eigenvalue weighted by Crippen LogP contribution is -2.31. The van der Waals surface area contributed by atoms with Crippen molar-refractivity contribution in [3.05, 3.63) is 0 Å². The van der Waals surface area contributed by atoms with E-state index in [1.54, 1.807) is 0 Å². The summed E-state index contributed by atoms with van der Waals surface area (Å²) in [6.45, 7) is 9.42. The summed E-state index contributed by atoms with van der Waals surface area (Å²) in [5.74, 6) is 1.79. The average Bonchev–Trinajstić information content (AvgIpc) is 2.70. The second kappa shape index (κ2) is 4.00. The highest BCUT2D eigenvalue weighted by Gasteiger charge is 2.49. The predicted molar refractivity (Wildman–Crippen MR) is 58.8 cm³/mol. The molecule has 3 atom stereocenters. The normalized spacial score (nSPS) is 29.8. The molecule has 0 aromatic carbocycles. The summed E-state index contributed by atoms with van der Waals surface area (Å²) >= 11 is 0. The highest BCUT2D eigenvalue weighted by atomic mass is 14.9. The molecule has 1 rings (SSSR count). The van der Waals surface area contributed by atoms with Crippen molar-refractivity contribution in [3.63, 3.8) is 0 Å². The first-order valence-electron chi connectivity index (χ1n) is 5.68. The second-order valence-electron chi connectivity index (χ2n) is 5.44. The monoisotopic (exact) mass is 183 g/mol. The van der Waals surface area contributed by atoms with Crippen molar-refractivity contribution in [2.75, 3.05) is 7.05 Å². The number of rotatable bonds is 5. The van der Waals surface area contributed by atoms with E-state index in [4.69, 9.17) is 0 Å². The van der Waals surface area contributed by atoms with Gasteiger partial charge in [0.25, 0.3) is 0 Å². The predicted octanol–water partition coefficient (Wildman–Crippen LogP) is 3.06. The summed E-state index contributed by atoms with van der Waals surface area (Å²) in [5.41, 5.74) is 0.612. The minimum Gasteiger partial charge on any atom is -0.317 e. The van der Waals surface area contributed by atoms with Gasteiger partial charge in [0.05, 0.1) is 0 Å². The van der Waals surface area contributed by atoms with E-state index in [2.05, 4.69) is 40.1 Å². The quantitative estimate of drug-likeness (QED) is 0.691. The molecular weight excluding hydrogens is 158 g/mol. The van der Waals surface area contributed by atoms with Gasteiger partial charge in [-0.05, 0) is 37.1 Å². The average molecular weight is 183 g/mol. The van der Waals surface area contributed by atoms with Gasteiger partial charge in [-0.3, -0.25) is 0 Å². The van der Waals surface area contributed by atoms with E-state index in [-0.39, 0.29) is 0 Å². The van der Waals surface area contributed by atoms with Crippen LogP contribution in [0.3, 0.4) is 0 Å². The molecule has 0 spiro atoms. The molecule has 0 saturated heterocycles. The highest BCUT2D eigenvalue weighted by Crippen LogP contribution is 2.54. The molecule has 1 fully saturated rings. The summed E-state index contributed by atoms with van der Waals surface area (Å²) in [6.07, 6.45) is 4.07. The Hall–Kier alpha value is -0.0400. The first-order chi connectivity index (χ1) is 6.01. The minimum atomic E-state index is 0.612. The maximum Gasteiger partial charge on any atom is 0.0100 e. The maximum atomic E-state index is 3.48. The van der Waals surface area contributed by atoms with Gasteiger partial charge < -0.3 is 5.32 Å². The van der Waals surface area contributed by atoms with Crippen molar-refractivity contribution >= 4 is 0 Å². The van der Waals surface area contributed by atoms with Crippen LogP contribution in [-0.4, -0.2) is 13.1 Å². The molecule has 78 valence electrons. The van der Waals surface area contributed by atoms with Gasteiger partial charge in [0.15, 0.2) is 0 Å². The fraction of sp³-hybridized carbons (Fsp3) is 1.00. The Kier molecular flexibility index (Phi) is 3.39. The zero-order chi connectivity index (χ0) is 10.1. The van der Waals surface area contributed by atoms with E-state index >= 15 is 0 Å². The number of hydrogen-bond acceptors (Lipinski definition) is 1. The van der Waals surface area contributed by atoms with Crippen LogP contribution in [0, 0.1) is 17.3 Å². The Morgan fingerprint density at radius 1 is 1.46 bits per heavy atom. The lowest BCUT2D eigenvalue weighted by Gasteiger charge is -2.21. The van der Waals surface area contributed by atoms with Crippen LogP contribution in [0.25, 0.3) is 0 Å². The molecule has 1 heteroatoms. The van der Waals surface area contributed by atoms with E-state index in [9.17, 15) is 0 Å². The van der Waals surface area contributed by atoms with Gasteiger partial charge in [0.1, 0.15) is 0 Å². The molecule has 1 aliphatic rings. The fourth-order valence-corrected chi connectivity index (χ4v) is 2.28. The van der Waals surface area contributed by atoms with Gasteiger partial charge in [-0.25, -0.2) is 0 Å². The SMILES string of the molecule is CCC(C)CC(NC)C1CC1(C)C. The summed E-state index contributed by atoms with van der Waals surface area (Å²) in [7, 11) is 2.11. The van der Waals surface area contributed by atoms with Crippen LogP contribution in [0.5, 0.6) is 0 Å². The largest absolute Gasteiger partial charge is 0.317 e. The van der Waals surface area contributed by atoms with Crippen LogP contribution in [0.1, 0.15) is 47.0 Å². The van der Waals surface area contributed by atoms with Crippen LogP contribution < -0.4 is 5.32 Å². The first kappa shape index (κ1) is 11.0. The van der Waals surface area contributed by atoms with E-state index < -0.39 is 0 Å². The van der Waals surface area contributed by atoms with E-state index in [0.29, 0.717) is 5.41 Å². The van der Waals surface area contributed by atoms with Gasteiger partial charge in [-0.1, -0.05) is 34.1 Å². The Balaban J connectivity index is 2.37. The molecule has 1 saturated carbocycles. The van der Waals surface area contributed by atoms with Crippen LogP contribution in [0.4, 0.5) is 0 Å². The number of hydrogen-bond donors (Lipinski definition) is 1. The lowest BCUT2D eigenvalue weighted by molar-refractivity contribution is 0.349. The Morgan fingerprint density at radius 2 is 2.00 bits per heavy atom. The molecule has 1 N–H and O–H groups in total. The van der Waals surface area contributed by atoms with Gasteiger partial charge in [0, 0.05) is 6.04 Å². The summed E-state index contributed by atoms with van der Waals surface area (Å²) < 4.78 is 0. The smallest absolute Gasteiger partial charge is 0.0100 e. The molecule has 0 amide bonds. The zero-order valence-corrected chi connectivity index (χ0v) is 9.85. The molecule has 0 aliphatic heterocycles. The number of nitrogens with one attached hydrogen (secondary N) is 1. The molecule has 3 unspecified atom stereocenters. The highest BCUT2D eigenvalue weighted by molar-refractivity contribution is 5.01. The van der Waals surface area contributed by atoms with Crippen molar-refractivity contribution in [2.24, 2.45) is 17.3 Å². The van der Waals surface area contributed by atoms with E-state index in [1.165, 1.54) is 19.3 Å². The summed E-state index contributed by atoms with van der Waals surface area (Å²) in [5, 5.41) is 3.48. The molecule has 1 nitrogen and oxygen atoms in total. The third-order valence-electron chi connectivity index (χ3n) is 3.80. The molecule has 1 aliphatic carbocycles. The summed E-state index contributed by atoms with van der Waals surface area (Å²) in [4.78, 5) is 0. The van der Waals surface area contributed by atoms with Gasteiger partial charge >= 0.3 is 0 Å². The third kappa shape index (κ3) is 2.70. The van der Waals surface area contributed by atoms with E-state index in [0.717, 1.165) is 17.9 Å². The zero-order valence-electron chi connectivity index (χ0n) is 9.85. The molecule has 0 aromatic heterocycles. The fourth-order valence-electron chi connectivity index (χ4n) is 2.28. The van der Waals surface area contributed by atoms with E-state index in [1.807, 2.05) is 0 Å². The Labute approximate surface area is 83.3 Å². The summed E-state index contributed by atoms with van der Waals surface area (Å²) in [6, 6.07) is 0.755. The van der Waals surface area contributed by atoms with Crippen molar-refractivity contribution in [1.29, 1.82) is 0 Å². The van der Waals surface area contributed by atoms with Crippen LogP contribution in [0.15, 0.2) is 0 Å². The molecule has 0 bridgehead atoms. The Bertz CT molecular complexity index is 163. The van der Waals surface area contributed by atoms with Gasteiger partial charge in [-0.15, -0.1) is 0 Å². The van der Waals surface area contributed by atoms with Crippen molar-refractivity contribution in [2.45, 2.75) is 53.0 Å². The first-order valence-corrected chi connectivity index (χ1v) is 5.68. The standard InChI is InChI=1S/C12H25N/c1-6-9(2)7-11(13-5)10-8-12(10,3)4/h9-11,13H,6-8H2,1-5H3. The van der Waals surface area contributed by atoms with Crippen molar-refractivity contribution in [3.8, 4) is 0 Å². The maximum absolute atomic E-state index is 3.48. The lowest BCUT2D eigenvalue weighted by atomic mass is 9.93. The van der Waals surface area contributed by atoms with Gasteiger partial charge in [-0.2, -0.15) is 0 Å². The van der Waals surface area contributed by atoms with Crippen molar-refractivity contribution < 1.29 is 0 Å². The van der Waals surface area contributed by atoms with Crippen LogP contribution in [-0.2, 0) is 0 Å². The second-order valence-corrected chi connectivity index (χ2v) is 5.44. The third-order valence-corrected chi connectivity index (χ3v) is 3.80. The topological polar surface area (TPSA) is 12.0 Å². The Morgan fingerprint density at radius 3 is 2.31 bits per heavy atom. The molecule has 0 radical (unpaired) electrons. The van der Waals surface area contributed by atoms with Crippen LogP contribution in [0.2, 0.25) is 0 Å². The van der Waals surface area contributed by atoms with Gasteiger partial charge in [0.2, 0.25) is 0 Å². The molecular formula is C12H25N. The minimum absolute atomic E-state index is 0.612. The molecule has 13 heavy (non-hydrogen) atoms.